The molecule has 2 rings (SSSR count). The minimum Gasteiger partial charge on any atom is -0.394 e. The highest BCUT2D eigenvalue weighted by atomic mass is 32.1. The number of hydrogen-bond donors (Lipinski definition) is 3. The van der Waals surface area contributed by atoms with Gasteiger partial charge in [-0.1, -0.05) is 31.5 Å². The van der Waals surface area contributed by atoms with Crippen LogP contribution in [0.1, 0.15) is 43.8 Å². The number of aliphatic hydroxyl groups is 1. The van der Waals surface area contributed by atoms with Crippen LogP contribution in [0.15, 0.2) is 6.07 Å². The molecule has 1 aliphatic rings. The highest BCUT2D eigenvalue weighted by Gasteiger charge is 2.17. The van der Waals surface area contributed by atoms with Gasteiger partial charge in [-0.2, -0.15) is 0 Å². The van der Waals surface area contributed by atoms with Crippen molar-refractivity contribution in [2.75, 3.05) is 31.7 Å². The first-order valence-electron chi connectivity index (χ1n) is 7.33. The van der Waals surface area contributed by atoms with Crippen molar-refractivity contribution < 1.29 is 9.84 Å². The van der Waals surface area contributed by atoms with Crippen molar-refractivity contribution in [2.45, 2.75) is 38.0 Å². The van der Waals surface area contributed by atoms with E-state index >= 15 is 0 Å². The first-order chi connectivity index (χ1) is 9.79. The Morgan fingerprint density at radius 3 is 2.90 bits per heavy atom. The van der Waals surface area contributed by atoms with Gasteiger partial charge in [0.25, 0.3) is 0 Å². The Balaban J connectivity index is 1.92. The summed E-state index contributed by atoms with van der Waals surface area (Å²) in [5.41, 5.74) is 0. The molecule has 112 valence electrons. The summed E-state index contributed by atoms with van der Waals surface area (Å²) in [4.78, 5) is 7.82. The lowest BCUT2D eigenvalue weighted by atomic mass is 9.89. The first-order valence-corrected chi connectivity index (χ1v) is 7.74. The number of H-pyrrole nitrogens is 1. The molecule has 1 aromatic heterocycles. The number of nitrogens with zero attached hydrogens (tertiary/aromatic N) is 1. The summed E-state index contributed by atoms with van der Waals surface area (Å²) in [6.07, 6.45) is 6.28. The quantitative estimate of drug-likeness (QED) is 0.533. The van der Waals surface area contributed by atoms with E-state index in [0.29, 0.717) is 30.3 Å². The maximum atomic E-state index is 8.63. The maximum absolute atomic E-state index is 8.63. The minimum absolute atomic E-state index is 0.0590. The smallest absolute Gasteiger partial charge is 0.131 e. The molecule has 0 radical (unpaired) electrons. The van der Waals surface area contributed by atoms with E-state index in [0.717, 1.165) is 11.6 Å². The molecule has 0 unspecified atom stereocenters. The van der Waals surface area contributed by atoms with Crippen LogP contribution in [0.4, 0.5) is 5.82 Å². The zero-order chi connectivity index (χ0) is 14.2. The molecule has 0 aliphatic heterocycles. The molecule has 5 nitrogen and oxygen atoms in total. The Kier molecular flexibility index (Phi) is 6.42. The normalized spacial score (nSPS) is 16.2. The average Bonchev–Trinajstić information content (AvgIpc) is 2.47. The topological polar surface area (TPSA) is 70.2 Å². The molecule has 6 heteroatoms. The summed E-state index contributed by atoms with van der Waals surface area (Å²) in [6.45, 7) is 1.67. The summed E-state index contributed by atoms with van der Waals surface area (Å²) >= 11 is 5.24. The van der Waals surface area contributed by atoms with Crippen LogP contribution in [-0.2, 0) is 4.74 Å². The van der Waals surface area contributed by atoms with Crippen molar-refractivity contribution in [2.24, 2.45) is 0 Å². The van der Waals surface area contributed by atoms with Gasteiger partial charge in [-0.15, -0.1) is 0 Å². The summed E-state index contributed by atoms with van der Waals surface area (Å²) in [6, 6.07) is 1.84. The molecule has 1 heterocycles. The maximum Gasteiger partial charge on any atom is 0.131 e. The van der Waals surface area contributed by atoms with Gasteiger partial charge in [0.05, 0.1) is 19.8 Å². The van der Waals surface area contributed by atoms with E-state index < -0.39 is 0 Å². The van der Waals surface area contributed by atoms with E-state index in [1.807, 2.05) is 6.07 Å². The number of aromatic nitrogens is 2. The molecule has 1 fully saturated rings. The Labute approximate surface area is 124 Å². The Morgan fingerprint density at radius 2 is 2.15 bits per heavy atom. The lowest BCUT2D eigenvalue weighted by molar-refractivity contribution is 0.0992. The van der Waals surface area contributed by atoms with Crippen LogP contribution >= 0.6 is 12.2 Å². The summed E-state index contributed by atoms with van der Waals surface area (Å²) in [5.74, 6) is 2.42. The van der Waals surface area contributed by atoms with E-state index in [1.165, 1.54) is 32.1 Å². The summed E-state index contributed by atoms with van der Waals surface area (Å²) in [7, 11) is 0. The highest BCUT2D eigenvalue weighted by molar-refractivity contribution is 7.71. The van der Waals surface area contributed by atoms with Crippen LogP contribution in [0.5, 0.6) is 0 Å². The molecule has 20 heavy (non-hydrogen) atoms. The van der Waals surface area contributed by atoms with E-state index in [-0.39, 0.29) is 6.61 Å². The van der Waals surface area contributed by atoms with Crippen LogP contribution in [0.25, 0.3) is 0 Å². The van der Waals surface area contributed by atoms with Crippen LogP contribution in [-0.4, -0.2) is 41.4 Å². The second kappa shape index (κ2) is 8.34. The molecule has 0 atom stereocenters. The fourth-order valence-corrected chi connectivity index (χ4v) is 2.78. The van der Waals surface area contributed by atoms with Gasteiger partial charge in [-0.05, 0) is 12.8 Å². The van der Waals surface area contributed by atoms with Gasteiger partial charge in [0, 0.05) is 18.5 Å². The van der Waals surface area contributed by atoms with Gasteiger partial charge < -0.3 is 20.1 Å². The van der Waals surface area contributed by atoms with Gasteiger partial charge in [0.1, 0.15) is 16.3 Å². The molecular weight excluding hydrogens is 274 g/mol. The lowest BCUT2D eigenvalue weighted by Gasteiger charge is -2.21. The molecular formula is C14H23N3O2S. The average molecular weight is 297 g/mol. The molecule has 0 bridgehead atoms. The number of rotatable bonds is 7. The standard InChI is InChI=1S/C14H23N3O2S/c18-7-9-19-8-6-15-12-10-13(20)17-14(16-12)11-4-2-1-3-5-11/h10-11,18H,1-9H2,(H2,15,16,17,20). The van der Waals surface area contributed by atoms with Gasteiger partial charge in [0.2, 0.25) is 0 Å². The predicted molar refractivity (Wildman–Crippen MR) is 81.6 cm³/mol. The fraction of sp³-hybridized carbons (Fsp3) is 0.714. The molecule has 1 aliphatic carbocycles. The fourth-order valence-electron chi connectivity index (χ4n) is 2.57. The molecule has 0 aromatic carbocycles. The molecule has 1 aromatic rings. The van der Waals surface area contributed by atoms with Crippen LogP contribution in [0.2, 0.25) is 0 Å². The first kappa shape index (κ1) is 15.4. The van der Waals surface area contributed by atoms with E-state index in [1.54, 1.807) is 0 Å². The number of anilines is 1. The van der Waals surface area contributed by atoms with Crippen LogP contribution in [0.3, 0.4) is 0 Å². The summed E-state index contributed by atoms with van der Waals surface area (Å²) < 4.78 is 5.84. The molecule has 0 amide bonds. The van der Waals surface area contributed by atoms with E-state index in [2.05, 4.69) is 15.3 Å². The molecule has 0 spiro atoms. The van der Waals surface area contributed by atoms with Crippen LogP contribution < -0.4 is 5.32 Å². The molecule has 1 saturated carbocycles. The third-order valence-corrected chi connectivity index (χ3v) is 3.76. The SMILES string of the molecule is OCCOCCNc1cc(=S)nc(C2CCCCC2)[nH]1. The molecule has 3 N–H and O–H groups in total. The minimum atomic E-state index is 0.0590. The monoisotopic (exact) mass is 297 g/mol. The zero-order valence-corrected chi connectivity index (χ0v) is 12.5. The van der Waals surface area contributed by atoms with Crippen molar-refractivity contribution in [3.8, 4) is 0 Å². The molecule has 0 saturated heterocycles. The number of aromatic amines is 1. The highest BCUT2D eigenvalue weighted by Crippen LogP contribution is 2.30. The largest absolute Gasteiger partial charge is 0.394 e. The number of hydrogen-bond acceptors (Lipinski definition) is 5. The lowest BCUT2D eigenvalue weighted by Crippen LogP contribution is -2.14. The number of nitrogens with one attached hydrogen (secondary N) is 2. The van der Waals surface area contributed by atoms with E-state index in [4.69, 9.17) is 22.1 Å². The van der Waals surface area contributed by atoms with Crippen molar-refractivity contribution in [1.29, 1.82) is 0 Å². The van der Waals surface area contributed by atoms with Crippen molar-refractivity contribution >= 4 is 18.0 Å². The van der Waals surface area contributed by atoms with Gasteiger partial charge >= 0.3 is 0 Å². The Hall–Kier alpha value is -0.980. The second-order valence-electron chi connectivity index (χ2n) is 5.12. The van der Waals surface area contributed by atoms with Crippen molar-refractivity contribution in [3.63, 3.8) is 0 Å². The van der Waals surface area contributed by atoms with Crippen molar-refractivity contribution in [1.82, 2.24) is 9.97 Å². The summed E-state index contributed by atoms with van der Waals surface area (Å²) in [5, 5.41) is 11.9. The van der Waals surface area contributed by atoms with E-state index in [9.17, 15) is 0 Å². The Morgan fingerprint density at radius 1 is 1.35 bits per heavy atom. The van der Waals surface area contributed by atoms with Crippen molar-refractivity contribution in [3.05, 3.63) is 16.5 Å². The zero-order valence-electron chi connectivity index (χ0n) is 11.7. The second-order valence-corrected chi connectivity index (χ2v) is 5.53. The number of ether oxygens (including phenoxy) is 1. The van der Waals surface area contributed by atoms with Crippen LogP contribution in [0, 0.1) is 4.64 Å². The van der Waals surface area contributed by atoms with Gasteiger partial charge in [-0.25, -0.2) is 4.98 Å². The predicted octanol–water partition coefficient (Wildman–Crippen LogP) is 2.61. The third-order valence-electron chi connectivity index (χ3n) is 3.55. The van der Waals surface area contributed by atoms with Gasteiger partial charge in [-0.3, -0.25) is 0 Å². The number of aliphatic hydroxyl groups excluding tert-OH is 1. The Bertz CT molecular complexity index is 458. The van der Waals surface area contributed by atoms with Gasteiger partial charge in [0.15, 0.2) is 0 Å². The third kappa shape index (κ3) is 4.85.